The molecule has 0 aliphatic heterocycles. The average molecular weight is 685 g/mol. The first-order chi connectivity index (χ1) is 22.8. The van der Waals surface area contributed by atoms with Crippen molar-refractivity contribution in [3.8, 4) is 33.7 Å². The zero-order valence-corrected chi connectivity index (χ0v) is 32.1. The zero-order valence-electron chi connectivity index (χ0n) is 31.3. The minimum Gasteiger partial charge on any atom is -0.444 e. The molecule has 9 nitrogen and oxygen atoms in total. The van der Waals surface area contributed by atoms with Crippen LogP contribution in [0.25, 0.3) is 28.2 Å². The van der Waals surface area contributed by atoms with Crippen LogP contribution in [-0.2, 0) is 9.53 Å². The Morgan fingerprint density at radius 2 is 1.59 bits per heavy atom. The van der Waals surface area contributed by atoms with Crippen LogP contribution in [0.5, 0.6) is 0 Å². The number of aryl methyl sites for hydroxylation is 2. The molecule has 4 aromatic heterocycles. The average Bonchev–Trinajstić information content (AvgIpc) is 3.37. The highest BCUT2D eigenvalue weighted by Crippen LogP contribution is 2.59. The van der Waals surface area contributed by atoms with Crippen LogP contribution in [0.3, 0.4) is 0 Å². The molecule has 0 fully saturated rings. The number of pyridine rings is 3. The van der Waals surface area contributed by atoms with Crippen LogP contribution >= 0.6 is 10.0 Å². The van der Waals surface area contributed by atoms with Gasteiger partial charge in [0, 0.05) is 36.3 Å². The molecule has 262 valence electrons. The highest BCUT2D eigenvalue weighted by Gasteiger charge is 2.33. The van der Waals surface area contributed by atoms with Gasteiger partial charge < -0.3 is 10.1 Å². The Morgan fingerprint density at radius 3 is 2.18 bits per heavy atom. The lowest BCUT2D eigenvalue weighted by Crippen LogP contribution is -2.45. The summed E-state index contributed by atoms with van der Waals surface area (Å²) in [6.45, 7) is 24.6. The molecule has 0 aliphatic rings. The van der Waals surface area contributed by atoms with Crippen molar-refractivity contribution in [1.82, 2.24) is 24.3 Å². The predicted molar refractivity (Wildman–Crippen MR) is 203 cm³/mol. The van der Waals surface area contributed by atoms with Crippen molar-refractivity contribution in [2.24, 2.45) is 0 Å². The van der Waals surface area contributed by atoms with Gasteiger partial charge in [-0.05, 0) is 110 Å². The monoisotopic (exact) mass is 684 g/mol. The third-order valence-corrected chi connectivity index (χ3v) is 13.8. The third kappa shape index (κ3) is 8.10. The van der Waals surface area contributed by atoms with Gasteiger partial charge in [-0.15, -0.1) is 0 Å². The van der Waals surface area contributed by atoms with Crippen LogP contribution in [-0.4, -0.2) is 70.7 Å². The van der Waals surface area contributed by atoms with Gasteiger partial charge in [0.15, 0.2) is 0 Å². The van der Waals surface area contributed by atoms with E-state index < -0.39 is 33.7 Å². The van der Waals surface area contributed by atoms with Gasteiger partial charge in [0.25, 0.3) is 0 Å². The van der Waals surface area contributed by atoms with E-state index in [1.807, 2.05) is 38.2 Å². The number of fused-ring (bicyclic) bond motifs is 1. The van der Waals surface area contributed by atoms with E-state index >= 15 is 0 Å². The molecule has 4 rings (SSSR count). The van der Waals surface area contributed by atoms with Crippen molar-refractivity contribution in [2.75, 3.05) is 12.4 Å². The van der Waals surface area contributed by atoms with Crippen molar-refractivity contribution >= 4 is 33.5 Å². The Labute approximate surface area is 293 Å². The molecule has 4 aromatic rings. The van der Waals surface area contributed by atoms with Gasteiger partial charge in [-0.3, -0.25) is 19.1 Å². The van der Waals surface area contributed by atoms with Crippen LogP contribution in [0, 0.1) is 25.0 Å². The normalized spacial score (nSPS) is 13.0. The number of carbonyl (C=O) groups excluding carboxylic acids is 2. The Bertz CT molecular complexity index is 1890. The summed E-state index contributed by atoms with van der Waals surface area (Å²) in [5.74, 6) is 3.50. The topological polar surface area (TPSA) is 102 Å². The molecule has 2 amide bonds. The molecular weight excluding hydrogens is 633 g/mol. The summed E-state index contributed by atoms with van der Waals surface area (Å²) in [5, 5.41) is 7.81. The van der Waals surface area contributed by atoms with Crippen LogP contribution in [0.2, 0.25) is 0 Å². The van der Waals surface area contributed by atoms with Gasteiger partial charge in [0.05, 0.1) is 11.4 Å². The second kappa shape index (κ2) is 14.6. The molecule has 0 radical (unpaired) electrons. The number of aromatic nitrogens is 4. The van der Waals surface area contributed by atoms with Gasteiger partial charge in [-0.1, -0.05) is 41.5 Å². The molecule has 0 saturated heterocycles. The molecule has 49 heavy (non-hydrogen) atoms. The maximum atomic E-state index is 13.5. The minimum absolute atomic E-state index is 0.340. The number of anilines is 1. The van der Waals surface area contributed by atoms with Gasteiger partial charge in [-0.2, -0.15) is 10.0 Å². The summed E-state index contributed by atoms with van der Waals surface area (Å²) in [6.07, 6.45) is 3.24. The molecular formula is C39H52N6O3S. The maximum absolute atomic E-state index is 13.5. The number of nitrogens with zero attached hydrogens (tertiary/aromatic N) is 5. The van der Waals surface area contributed by atoms with E-state index in [0.717, 1.165) is 39.4 Å². The van der Waals surface area contributed by atoms with E-state index in [-0.39, 0.29) is 0 Å². The van der Waals surface area contributed by atoms with Crippen molar-refractivity contribution < 1.29 is 14.3 Å². The van der Waals surface area contributed by atoms with E-state index in [1.165, 1.54) is 4.90 Å². The Kier molecular flexibility index (Phi) is 11.2. The predicted octanol–water partition coefficient (Wildman–Crippen LogP) is 8.61. The summed E-state index contributed by atoms with van der Waals surface area (Å²) in [4.78, 5) is 42.0. The molecule has 0 aromatic carbocycles. The molecule has 1 N–H and O–H groups in total. The Morgan fingerprint density at radius 1 is 0.939 bits per heavy atom. The van der Waals surface area contributed by atoms with Crippen LogP contribution in [0.15, 0.2) is 48.8 Å². The molecule has 1 unspecified atom stereocenters. The van der Waals surface area contributed by atoms with E-state index in [0.29, 0.717) is 27.3 Å². The van der Waals surface area contributed by atoms with Crippen LogP contribution in [0.1, 0.15) is 86.2 Å². The highest BCUT2D eigenvalue weighted by molar-refractivity contribution is 8.38. The number of hydrogen-bond donors (Lipinski definition) is 1. The van der Waals surface area contributed by atoms with Crippen molar-refractivity contribution in [3.05, 3.63) is 65.7 Å². The van der Waals surface area contributed by atoms with Crippen LogP contribution in [0.4, 0.5) is 10.6 Å². The Balaban J connectivity index is 1.92. The SMILES string of the molecule is Cc1ccn2c(-c3ccc(NC(=O)C(C)N(C)C(=O)OC(C)(C)C)nc3C#CS(C(C)C)(C(C)C)C(C)C)c(-c3ccnc(C)c3)nc2c1. The fourth-order valence-electron chi connectivity index (χ4n) is 6.14. The van der Waals surface area contributed by atoms with Crippen molar-refractivity contribution in [1.29, 1.82) is 0 Å². The zero-order chi connectivity index (χ0) is 36.4. The summed E-state index contributed by atoms with van der Waals surface area (Å²) >= 11 is 0. The Hall–Kier alpha value is -4.36. The molecule has 0 saturated carbocycles. The molecule has 10 heteroatoms. The van der Waals surface area contributed by atoms with Gasteiger partial charge in [0.1, 0.15) is 28.8 Å². The van der Waals surface area contributed by atoms with Gasteiger partial charge in [0.2, 0.25) is 5.91 Å². The quantitative estimate of drug-likeness (QED) is 0.187. The summed E-state index contributed by atoms with van der Waals surface area (Å²) in [7, 11) is 0.140. The standard InChI is InChI=1S/C39H52N6O3S/c1-24(2)49(25(3)4,26(5)6)21-18-32-31(14-15-33(41-32)42-37(46)29(9)44(13)38(47)48-39(10,11)12)36-35(30-16-19-40-28(8)23-30)43-34-22-27(7)17-20-45(34)36/h14-17,19-20,22-26,29H,1-13H3,(H,41,42,46). The second-order valence-corrected chi connectivity index (χ2v) is 19.0. The summed E-state index contributed by atoms with van der Waals surface area (Å²) in [6, 6.07) is 11.0. The van der Waals surface area contributed by atoms with E-state index in [4.69, 9.17) is 14.7 Å². The highest BCUT2D eigenvalue weighted by atomic mass is 32.3. The lowest BCUT2D eigenvalue weighted by Gasteiger charge is -2.46. The van der Waals surface area contributed by atoms with E-state index in [2.05, 4.69) is 79.5 Å². The molecule has 0 bridgehead atoms. The smallest absolute Gasteiger partial charge is 0.410 e. The van der Waals surface area contributed by atoms with Crippen molar-refractivity contribution in [3.63, 3.8) is 0 Å². The lowest BCUT2D eigenvalue weighted by atomic mass is 10.0. The summed E-state index contributed by atoms with van der Waals surface area (Å²) in [5.41, 5.74) is 6.03. The lowest BCUT2D eigenvalue weighted by molar-refractivity contribution is -0.120. The number of hydrogen-bond acceptors (Lipinski definition) is 6. The number of rotatable bonds is 8. The van der Waals surface area contributed by atoms with Crippen LogP contribution < -0.4 is 5.32 Å². The maximum Gasteiger partial charge on any atom is 0.410 e. The first-order valence-electron chi connectivity index (χ1n) is 16.9. The van der Waals surface area contributed by atoms with E-state index in [9.17, 15) is 9.59 Å². The fraction of sp³-hybridized carbons (Fsp3) is 0.462. The number of nitrogens with one attached hydrogen (secondary N) is 1. The number of likely N-dealkylation sites (N-methyl/N-ethyl adjacent to an activating group) is 1. The number of carbonyl (C=O) groups is 2. The molecule has 4 heterocycles. The second-order valence-electron chi connectivity index (χ2n) is 14.4. The summed E-state index contributed by atoms with van der Waals surface area (Å²) < 4.78 is 7.55. The first-order valence-corrected chi connectivity index (χ1v) is 18.7. The van der Waals surface area contributed by atoms with Crippen molar-refractivity contribution in [2.45, 2.75) is 110 Å². The number of amides is 2. The third-order valence-electron chi connectivity index (χ3n) is 8.68. The largest absolute Gasteiger partial charge is 0.444 e. The van der Waals surface area contributed by atoms with Gasteiger partial charge >= 0.3 is 6.09 Å². The minimum atomic E-state index is -1.41. The fourth-order valence-corrected chi connectivity index (χ4v) is 10.4. The molecule has 0 aliphatic carbocycles. The molecule has 1 atom stereocenters. The first kappa shape index (κ1) is 37.5. The van der Waals surface area contributed by atoms with E-state index in [1.54, 1.807) is 47.0 Å². The molecule has 0 spiro atoms. The number of ether oxygens (including phenoxy) is 1. The van der Waals surface area contributed by atoms with Gasteiger partial charge in [-0.25, -0.2) is 14.8 Å². The number of imidazole rings is 1.